The number of hydrogen-bond donors (Lipinski definition) is 0. The first-order valence-electron chi connectivity index (χ1n) is 5.51. The van der Waals surface area contributed by atoms with Crippen LogP contribution < -0.4 is 4.90 Å². The molecule has 0 radical (unpaired) electrons. The molecule has 0 bridgehead atoms. The first-order chi connectivity index (χ1) is 7.21. The van der Waals surface area contributed by atoms with Gasteiger partial charge in [0.1, 0.15) is 0 Å². The molecule has 0 N–H and O–H groups in total. The van der Waals surface area contributed by atoms with Crippen molar-refractivity contribution in [2.45, 2.75) is 27.2 Å². The molecule has 0 aliphatic heterocycles. The van der Waals surface area contributed by atoms with Crippen LogP contribution in [-0.4, -0.2) is 19.4 Å². The molecule has 0 fully saturated rings. The summed E-state index contributed by atoms with van der Waals surface area (Å²) in [5.74, 6) is 0.701. The summed E-state index contributed by atoms with van der Waals surface area (Å²) >= 11 is 1.58. The highest BCUT2D eigenvalue weighted by Crippen LogP contribution is 2.25. The van der Waals surface area contributed by atoms with Gasteiger partial charge in [0, 0.05) is 13.1 Å². The van der Waals surface area contributed by atoms with Gasteiger partial charge in [0.05, 0.1) is 9.88 Å². The minimum Gasteiger partial charge on any atom is -0.363 e. The Bertz CT molecular complexity index is 308. The van der Waals surface area contributed by atoms with Crippen molar-refractivity contribution in [2.24, 2.45) is 5.92 Å². The predicted molar refractivity (Wildman–Crippen MR) is 67.0 cm³/mol. The Labute approximate surface area is 95.9 Å². The summed E-state index contributed by atoms with van der Waals surface area (Å²) in [6.45, 7) is 8.71. The Balaban J connectivity index is 2.69. The van der Waals surface area contributed by atoms with Crippen LogP contribution >= 0.6 is 11.3 Å². The molecule has 1 atom stereocenters. The molecular formula is C12H19NOS. The molecule has 1 unspecified atom stereocenters. The van der Waals surface area contributed by atoms with Crippen LogP contribution in [0, 0.1) is 5.92 Å². The fraction of sp³-hybridized carbons (Fsp3) is 0.583. The predicted octanol–water partition coefficient (Wildman–Crippen LogP) is 3.43. The summed E-state index contributed by atoms with van der Waals surface area (Å²) in [6.07, 6.45) is 2.12. The Morgan fingerprint density at radius 2 is 2.20 bits per heavy atom. The molecule has 15 heavy (non-hydrogen) atoms. The lowest BCUT2D eigenvalue weighted by Crippen LogP contribution is -2.27. The summed E-state index contributed by atoms with van der Waals surface area (Å²) in [5, 5.41) is 1.21. The van der Waals surface area contributed by atoms with Crippen molar-refractivity contribution >= 4 is 22.6 Å². The van der Waals surface area contributed by atoms with E-state index in [2.05, 4.69) is 25.7 Å². The fourth-order valence-electron chi connectivity index (χ4n) is 1.46. The quantitative estimate of drug-likeness (QED) is 0.691. The van der Waals surface area contributed by atoms with Crippen molar-refractivity contribution < 1.29 is 4.79 Å². The smallest absolute Gasteiger partial charge is 0.160 e. The van der Waals surface area contributed by atoms with Crippen molar-refractivity contribution in [3.05, 3.63) is 17.0 Å². The average Bonchev–Trinajstić information content (AvgIpc) is 2.73. The molecule has 1 aromatic rings. The van der Waals surface area contributed by atoms with E-state index in [-0.39, 0.29) is 0 Å². The third-order valence-electron chi connectivity index (χ3n) is 2.65. The Morgan fingerprint density at radius 3 is 2.67 bits per heavy atom. The van der Waals surface area contributed by atoms with E-state index < -0.39 is 0 Å². The van der Waals surface area contributed by atoms with Gasteiger partial charge in [-0.2, -0.15) is 0 Å². The lowest BCUT2D eigenvalue weighted by atomic mass is 10.1. The maximum Gasteiger partial charge on any atom is 0.160 e. The maximum atomic E-state index is 10.6. The van der Waals surface area contributed by atoms with E-state index in [9.17, 15) is 4.79 Å². The summed E-state index contributed by atoms with van der Waals surface area (Å²) in [4.78, 5) is 13.8. The van der Waals surface area contributed by atoms with Crippen LogP contribution in [0.1, 0.15) is 36.9 Å². The van der Waals surface area contributed by atoms with Crippen LogP contribution in [-0.2, 0) is 0 Å². The van der Waals surface area contributed by atoms with E-state index >= 15 is 0 Å². The number of thiophene rings is 1. The Kier molecular flexibility index (Phi) is 4.82. The zero-order valence-electron chi connectivity index (χ0n) is 9.69. The number of nitrogens with zero attached hydrogens (tertiary/aromatic N) is 1. The summed E-state index contributed by atoms with van der Waals surface area (Å²) in [5.41, 5.74) is 0. The monoisotopic (exact) mass is 225 g/mol. The average molecular weight is 225 g/mol. The van der Waals surface area contributed by atoms with E-state index in [4.69, 9.17) is 0 Å². The molecular weight excluding hydrogens is 206 g/mol. The van der Waals surface area contributed by atoms with Gasteiger partial charge >= 0.3 is 0 Å². The zero-order chi connectivity index (χ0) is 11.3. The van der Waals surface area contributed by atoms with Crippen molar-refractivity contribution in [1.29, 1.82) is 0 Å². The normalized spacial score (nSPS) is 12.5. The number of carbonyl (C=O) groups is 1. The molecule has 84 valence electrons. The van der Waals surface area contributed by atoms with Gasteiger partial charge in [-0.25, -0.2) is 0 Å². The van der Waals surface area contributed by atoms with Gasteiger partial charge in [-0.15, -0.1) is 11.3 Å². The summed E-state index contributed by atoms with van der Waals surface area (Å²) in [6, 6.07) is 3.94. The number of anilines is 1. The fourth-order valence-corrected chi connectivity index (χ4v) is 2.35. The topological polar surface area (TPSA) is 20.3 Å². The zero-order valence-corrected chi connectivity index (χ0v) is 10.5. The number of aldehydes is 1. The second-order valence-electron chi connectivity index (χ2n) is 3.85. The molecule has 0 saturated carbocycles. The molecule has 0 amide bonds. The lowest BCUT2D eigenvalue weighted by molar-refractivity contribution is 0.112. The van der Waals surface area contributed by atoms with Crippen molar-refractivity contribution in [3.8, 4) is 0 Å². The van der Waals surface area contributed by atoms with E-state index in [0.717, 1.165) is 24.3 Å². The summed E-state index contributed by atoms with van der Waals surface area (Å²) < 4.78 is 0. The molecule has 0 aliphatic carbocycles. The van der Waals surface area contributed by atoms with E-state index in [1.54, 1.807) is 11.3 Å². The van der Waals surface area contributed by atoms with Gasteiger partial charge in [0.2, 0.25) is 0 Å². The molecule has 0 aliphatic rings. The van der Waals surface area contributed by atoms with Crippen LogP contribution in [0.3, 0.4) is 0 Å². The van der Waals surface area contributed by atoms with Gasteiger partial charge in [-0.1, -0.05) is 20.3 Å². The molecule has 0 saturated heterocycles. The van der Waals surface area contributed by atoms with Crippen LogP contribution in [0.2, 0.25) is 0 Å². The van der Waals surface area contributed by atoms with Crippen molar-refractivity contribution in [2.75, 3.05) is 18.0 Å². The minimum absolute atomic E-state index is 0.701. The minimum atomic E-state index is 0.701. The third kappa shape index (κ3) is 3.34. The number of rotatable bonds is 6. The van der Waals surface area contributed by atoms with Gasteiger partial charge in [0.15, 0.2) is 6.29 Å². The van der Waals surface area contributed by atoms with E-state index in [0.29, 0.717) is 5.92 Å². The molecule has 0 aromatic carbocycles. The van der Waals surface area contributed by atoms with E-state index in [1.165, 1.54) is 11.4 Å². The SMILES string of the molecule is CCC(C)CN(CC)c1ccc(C=O)s1. The van der Waals surface area contributed by atoms with Crippen molar-refractivity contribution in [1.82, 2.24) is 0 Å². The van der Waals surface area contributed by atoms with Gasteiger partial charge < -0.3 is 4.90 Å². The molecule has 3 heteroatoms. The molecule has 1 aromatic heterocycles. The van der Waals surface area contributed by atoms with Crippen molar-refractivity contribution in [3.63, 3.8) is 0 Å². The highest BCUT2D eigenvalue weighted by atomic mass is 32.1. The standard InChI is InChI=1S/C12H19NOS/c1-4-10(3)8-13(5-2)12-7-6-11(9-14)15-12/h6-7,9-10H,4-5,8H2,1-3H3. The van der Waals surface area contributed by atoms with Crippen LogP contribution in [0.25, 0.3) is 0 Å². The van der Waals surface area contributed by atoms with Crippen LogP contribution in [0.15, 0.2) is 12.1 Å². The largest absolute Gasteiger partial charge is 0.363 e. The Hall–Kier alpha value is -0.830. The second-order valence-corrected chi connectivity index (χ2v) is 4.94. The van der Waals surface area contributed by atoms with Crippen LogP contribution in [0.4, 0.5) is 5.00 Å². The first kappa shape index (κ1) is 12.2. The van der Waals surface area contributed by atoms with Gasteiger partial charge in [-0.05, 0) is 25.0 Å². The molecule has 1 heterocycles. The number of carbonyl (C=O) groups excluding carboxylic acids is 1. The van der Waals surface area contributed by atoms with Crippen LogP contribution in [0.5, 0.6) is 0 Å². The second kappa shape index (κ2) is 5.91. The maximum absolute atomic E-state index is 10.6. The molecule has 2 nitrogen and oxygen atoms in total. The van der Waals surface area contributed by atoms with Gasteiger partial charge in [-0.3, -0.25) is 4.79 Å². The van der Waals surface area contributed by atoms with Gasteiger partial charge in [0.25, 0.3) is 0 Å². The number of hydrogen-bond acceptors (Lipinski definition) is 3. The van der Waals surface area contributed by atoms with E-state index in [1.807, 2.05) is 12.1 Å². The Morgan fingerprint density at radius 1 is 1.47 bits per heavy atom. The highest BCUT2D eigenvalue weighted by molar-refractivity contribution is 7.17. The lowest BCUT2D eigenvalue weighted by Gasteiger charge is -2.24. The summed E-state index contributed by atoms with van der Waals surface area (Å²) in [7, 11) is 0. The molecule has 1 rings (SSSR count). The highest BCUT2D eigenvalue weighted by Gasteiger charge is 2.10. The third-order valence-corrected chi connectivity index (χ3v) is 3.72. The molecule has 0 spiro atoms. The first-order valence-corrected chi connectivity index (χ1v) is 6.32.